The lowest BCUT2D eigenvalue weighted by Crippen LogP contribution is -2.42. The lowest BCUT2D eigenvalue weighted by atomic mass is 9.79. The first-order valence-electron chi connectivity index (χ1n) is 9.44. The van der Waals surface area contributed by atoms with Gasteiger partial charge in [-0.2, -0.15) is 0 Å². The molecule has 144 valence electrons. The zero-order chi connectivity index (χ0) is 19.2. The van der Waals surface area contributed by atoms with Gasteiger partial charge in [0.25, 0.3) is 0 Å². The molecule has 0 heterocycles. The van der Waals surface area contributed by atoms with Crippen molar-refractivity contribution in [3.63, 3.8) is 0 Å². The summed E-state index contributed by atoms with van der Waals surface area (Å²) in [5, 5.41) is 2.92. The lowest BCUT2D eigenvalue weighted by molar-refractivity contribution is -0.151. The second kappa shape index (κ2) is 9.06. The minimum atomic E-state index is -0.496. The number of carbonyl (C=O) groups is 2. The van der Waals surface area contributed by atoms with Crippen LogP contribution in [-0.4, -0.2) is 23.7 Å². The molecule has 1 aromatic carbocycles. The summed E-state index contributed by atoms with van der Waals surface area (Å²) in [4.78, 5) is 24.2. The molecule has 0 bridgehead atoms. The minimum absolute atomic E-state index is 0.0335. The minimum Gasteiger partial charge on any atom is -0.461 e. The van der Waals surface area contributed by atoms with E-state index in [9.17, 15) is 9.59 Å². The van der Waals surface area contributed by atoms with Crippen LogP contribution in [0.1, 0.15) is 58.9 Å². The fraction of sp³-hybridized carbons (Fsp3) is 0.619. The summed E-state index contributed by atoms with van der Waals surface area (Å²) >= 11 is 0. The molecule has 1 amide bonds. The van der Waals surface area contributed by atoms with Crippen LogP contribution in [0.25, 0.3) is 0 Å². The maximum atomic E-state index is 12.3. The van der Waals surface area contributed by atoms with E-state index in [0.29, 0.717) is 12.5 Å². The van der Waals surface area contributed by atoms with Gasteiger partial charge in [0.05, 0.1) is 5.92 Å². The third-order valence-electron chi connectivity index (χ3n) is 4.78. The molecular formula is C21H31NO4. The molecule has 1 N–H and O–H groups in total. The monoisotopic (exact) mass is 361 g/mol. The number of hydrogen-bond acceptors (Lipinski definition) is 4. The number of nitrogens with one attached hydrogen (secondary N) is 1. The first-order chi connectivity index (χ1) is 12.2. The molecule has 1 fully saturated rings. The van der Waals surface area contributed by atoms with E-state index >= 15 is 0 Å². The van der Waals surface area contributed by atoms with Gasteiger partial charge in [-0.15, -0.1) is 0 Å². The molecule has 2 rings (SSSR count). The molecule has 1 aromatic rings. The van der Waals surface area contributed by atoms with Gasteiger partial charge in [-0.25, -0.2) is 4.79 Å². The summed E-state index contributed by atoms with van der Waals surface area (Å²) in [6.45, 7) is 7.88. The van der Waals surface area contributed by atoms with Crippen molar-refractivity contribution in [2.45, 2.75) is 71.6 Å². The zero-order valence-corrected chi connectivity index (χ0v) is 16.3. The highest BCUT2D eigenvalue weighted by Crippen LogP contribution is 2.32. The molecule has 1 aliphatic carbocycles. The molecule has 0 radical (unpaired) electrons. The number of rotatable bonds is 5. The van der Waals surface area contributed by atoms with Crippen LogP contribution < -0.4 is 5.32 Å². The number of ether oxygens (including phenoxy) is 2. The molecule has 1 aliphatic rings. The van der Waals surface area contributed by atoms with Crippen molar-refractivity contribution >= 4 is 12.1 Å². The summed E-state index contributed by atoms with van der Waals surface area (Å²) in [6, 6.07) is 9.76. The molecule has 1 saturated carbocycles. The van der Waals surface area contributed by atoms with Gasteiger partial charge < -0.3 is 14.8 Å². The van der Waals surface area contributed by atoms with Gasteiger partial charge in [0.1, 0.15) is 12.2 Å². The Morgan fingerprint density at radius 1 is 1.12 bits per heavy atom. The number of amides is 1. The van der Waals surface area contributed by atoms with E-state index in [4.69, 9.17) is 9.47 Å². The standard InChI is InChI=1S/C21H31NO4/c1-15(22-20(24)26-21(2,3)4)17-10-12-18(13-11-17)19(23)25-14-16-8-6-5-7-9-16/h5-9,15,17-18H,10-14H2,1-4H3,(H,22,24)/t15?,17-,18-. The van der Waals surface area contributed by atoms with Gasteiger partial charge in [0, 0.05) is 6.04 Å². The second-order valence-corrected chi connectivity index (χ2v) is 8.14. The van der Waals surface area contributed by atoms with Crippen LogP contribution in [0.4, 0.5) is 4.79 Å². The van der Waals surface area contributed by atoms with Crippen molar-refractivity contribution in [1.29, 1.82) is 0 Å². The number of benzene rings is 1. The van der Waals surface area contributed by atoms with E-state index < -0.39 is 5.60 Å². The van der Waals surface area contributed by atoms with Crippen molar-refractivity contribution < 1.29 is 19.1 Å². The fourth-order valence-corrected chi connectivity index (χ4v) is 3.31. The molecule has 0 spiro atoms. The fourth-order valence-electron chi connectivity index (χ4n) is 3.31. The third-order valence-corrected chi connectivity index (χ3v) is 4.78. The van der Waals surface area contributed by atoms with E-state index in [1.807, 2.05) is 58.0 Å². The Balaban J connectivity index is 1.72. The van der Waals surface area contributed by atoms with Gasteiger partial charge in [-0.3, -0.25) is 4.79 Å². The van der Waals surface area contributed by atoms with Gasteiger partial charge in [0.2, 0.25) is 0 Å². The van der Waals surface area contributed by atoms with Crippen molar-refractivity contribution in [2.24, 2.45) is 11.8 Å². The molecule has 1 unspecified atom stereocenters. The summed E-state index contributed by atoms with van der Waals surface area (Å²) in [6.07, 6.45) is 3.04. The maximum Gasteiger partial charge on any atom is 0.407 e. The van der Waals surface area contributed by atoms with E-state index in [2.05, 4.69) is 5.32 Å². The SMILES string of the molecule is CC(NC(=O)OC(C)(C)C)[C@H]1CC[C@H](C(=O)OCc2ccccc2)CC1. The van der Waals surface area contributed by atoms with E-state index in [1.165, 1.54) is 0 Å². The summed E-state index contributed by atoms with van der Waals surface area (Å²) in [5.41, 5.74) is 0.508. The summed E-state index contributed by atoms with van der Waals surface area (Å²) < 4.78 is 10.8. The predicted molar refractivity (Wildman–Crippen MR) is 101 cm³/mol. The van der Waals surface area contributed by atoms with Crippen molar-refractivity contribution in [1.82, 2.24) is 5.32 Å². The van der Waals surface area contributed by atoms with Crippen molar-refractivity contribution in [2.75, 3.05) is 0 Å². The van der Waals surface area contributed by atoms with Crippen LogP contribution in [0.15, 0.2) is 30.3 Å². The normalized spacial score (nSPS) is 21.5. The summed E-state index contributed by atoms with van der Waals surface area (Å²) in [5.74, 6) is 0.212. The van der Waals surface area contributed by atoms with Crippen molar-refractivity contribution in [3.05, 3.63) is 35.9 Å². The highest BCUT2D eigenvalue weighted by Gasteiger charge is 2.31. The van der Waals surface area contributed by atoms with Crippen LogP contribution in [-0.2, 0) is 20.9 Å². The largest absolute Gasteiger partial charge is 0.461 e. The first kappa shape index (κ1) is 20.3. The first-order valence-corrected chi connectivity index (χ1v) is 9.44. The van der Waals surface area contributed by atoms with Gasteiger partial charge in [-0.1, -0.05) is 30.3 Å². The highest BCUT2D eigenvalue weighted by atomic mass is 16.6. The van der Waals surface area contributed by atoms with Crippen LogP contribution in [0, 0.1) is 11.8 Å². The van der Waals surface area contributed by atoms with Crippen LogP contribution in [0.5, 0.6) is 0 Å². The van der Waals surface area contributed by atoms with Crippen LogP contribution >= 0.6 is 0 Å². The molecule has 5 nitrogen and oxygen atoms in total. The Morgan fingerprint density at radius 3 is 2.31 bits per heavy atom. The van der Waals surface area contributed by atoms with E-state index in [-0.39, 0.29) is 24.0 Å². The third kappa shape index (κ3) is 6.70. The average molecular weight is 361 g/mol. The van der Waals surface area contributed by atoms with E-state index in [1.54, 1.807) is 0 Å². The van der Waals surface area contributed by atoms with Crippen molar-refractivity contribution in [3.8, 4) is 0 Å². The highest BCUT2D eigenvalue weighted by molar-refractivity contribution is 5.72. The topological polar surface area (TPSA) is 64.6 Å². The number of alkyl carbamates (subject to hydrolysis) is 1. The Kier molecular flexibility index (Phi) is 7.06. The second-order valence-electron chi connectivity index (χ2n) is 8.14. The Hall–Kier alpha value is -2.04. The predicted octanol–water partition coefficient (Wildman–Crippen LogP) is 4.45. The lowest BCUT2D eigenvalue weighted by Gasteiger charge is -2.32. The molecule has 0 saturated heterocycles. The Morgan fingerprint density at radius 2 is 1.73 bits per heavy atom. The molecule has 5 heteroatoms. The molecule has 0 aliphatic heterocycles. The maximum absolute atomic E-state index is 12.3. The average Bonchev–Trinajstić information content (AvgIpc) is 2.59. The number of carbonyl (C=O) groups excluding carboxylic acids is 2. The Bertz CT molecular complexity index is 586. The van der Waals surface area contributed by atoms with Gasteiger partial charge in [-0.05, 0) is 64.9 Å². The van der Waals surface area contributed by atoms with Gasteiger partial charge in [0.15, 0.2) is 0 Å². The van der Waals surface area contributed by atoms with Gasteiger partial charge >= 0.3 is 12.1 Å². The molecule has 1 atom stereocenters. The van der Waals surface area contributed by atoms with Crippen LogP contribution in [0.2, 0.25) is 0 Å². The number of hydrogen-bond donors (Lipinski definition) is 1. The molecule has 0 aromatic heterocycles. The van der Waals surface area contributed by atoms with Crippen LogP contribution in [0.3, 0.4) is 0 Å². The molecular weight excluding hydrogens is 330 g/mol. The van der Waals surface area contributed by atoms with E-state index in [0.717, 1.165) is 31.2 Å². The smallest absolute Gasteiger partial charge is 0.407 e. The number of esters is 1. The summed E-state index contributed by atoms with van der Waals surface area (Å²) in [7, 11) is 0. The quantitative estimate of drug-likeness (QED) is 0.787. The molecule has 26 heavy (non-hydrogen) atoms. The Labute approximate surface area is 156 Å². The zero-order valence-electron chi connectivity index (χ0n) is 16.3.